The third kappa shape index (κ3) is 3.74. The average Bonchev–Trinajstić information content (AvgIpc) is 3.32. The van der Waals surface area contributed by atoms with Gasteiger partial charge in [-0.1, -0.05) is 23.9 Å². The van der Waals surface area contributed by atoms with Gasteiger partial charge in [-0.05, 0) is 31.2 Å². The number of aryl methyl sites for hydroxylation is 1. The van der Waals surface area contributed by atoms with Crippen LogP contribution in [0.1, 0.15) is 18.8 Å². The number of rotatable bonds is 6. The first-order valence-corrected chi connectivity index (χ1v) is 9.68. The number of thioether (sulfide) groups is 1. The molecule has 0 aliphatic carbocycles. The standard InChI is InChI=1S/C19H18N6O2S/c1-12(17-22-14-7-3-4-8-15(14)25(17)2)21-16(26)11-28-19-24-23-18(27-19)13-6-5-9-20-10-13/h3-10,12H,11H2,1-2H3,(H,21,26). The van der Waals surface area contributed by atoms with E-state index in [4.69, 9.17) is 4.42 Å². The van der Waals surface area contributed by atoms with E-state index in [1.165, 1.54) is 11.8 Å². The summed E-state index contributed by atoms with van der Waals surface area (Å²) < 4.78 is 7.56. The van der Waals surface area contributed by atoms with Gasteiger partial charge in [-0.15, -0.1) is 10.2 Å². The molecule has 1 aromatic carbocycles. The lowest BCUT2D eigenvalue weighted by atomic mass is 10.3. The lowest BCUT2D eigenvalue weighted by Gasteiger charge is -2.13. The maximum absolute atomic E-state index is 12.3. The van der Waals surface area contributed by atoms with Crippen LogP contribution >= 0.6 is 11.8 Å². The van der Waals surface area contributed by atoms with Crippen LogP contribution in [0.4, 0.5) is 0 Å². The summed E-state index contributed by atoms with van der Waals surface area (Å²) >= 11 is 1.19. The van der Waals surface area contributed by atoms with E-state index >= 15 is 0 Å². The van der Waals surface area contributed by atoms with E-state index in [1.54, 1.807) is 18.5 Å². The first-order chi connectivity index (χ1) is 13.6. The molecule has 0 aliphatic heterocycles. The largest absolute Gasteiger partial charge is 0.411 e. The van der Waals surface area contributed by atoms with Crippen molar-refractivity contribution in [2.45, 2.75) is 18.2 Å². The fourth-order valence-corrected chi connectivity index (χ4v) is 3.47. The van der Waals surface area contributed by atoms with Crippen LogP contribution in [-0.4, -0.2) is 36.4 Å². The van der Waals surface area contributed by atoms with Crippen LogP contribution < -0.4 is 5.32 Å². The predicted molar refractivity (Wildman–Crippen MR) is 106 cm³/mol. The van der Waals surface area contributed by atoms with Gasteiger partial charge in [0, 0.05) is 19.4 Å². The Kier molecular flexibility index (Phi) is 5.07. The Labute approximate surface area is 165 Å². The highest BCUT2D eigenvalue weighted by molar-refractivity contribution is 7.99. The Morgan fingerprint density at radius 2 is 2.11 bits per heavy atom. The number of hydrogen-bond donors (Lipinski definition) is 1. The first kappa shape index (κ1) is 18.2. The van der Waals surface area contributed by atoms with Crippen molar-refractivity contribution in [3.05, 3.63) is 54.6 Å². The van der Waals surface area contributed by atoms with E-state index in [9.17, 15) is 4.79 Å². The molecule has 28 heavy (non-hydrogen) atoms. The van der Waals surface area contributed by atoms with Crippen LogP contribution in [0.5, 0.6) is 0 Å². The van der Waals surface area contributed by atoms with E-state index in [1.807, 2.05) is 48.9 Å². The van der Waals surface area contributed by atoms with Crippen molar-refractivity contribution in [1.82, 2.24) is 30.0 Å². The van der Waals surface area contributed by atoms with E-state index in [0.29, 0.717) is 11.1 Å². The highest BCUT2D eigenvalue weighted by Crippen LogP contribution is 2.23. The fourth-order valence-electron chi connectivity index (χ4n) is 2.90. The van der Waals surface area contributed by atoms with Crippen LogP contribution in [0.3, 0.4) is 0 Å². The van der Waals surface area contributed by atoms with Gasteiger partial charge in [0.2, 0.25) is 11.8 Å². The summed E-state index contributed by atoms with van der Waals surface area (Å²) in [5.41, 5.74) is 2.67. The van der Waals surface area contributed by atoms with Crippen molar-refractivity contribution >= 4 is 28.7 Å². The third-order valence-corrected chi connectivity index (χ3v) is 5.05. The molecule has 4 aromatic rings. The van der Waals surface area contributed by atoms with E-state index in [2.05, 4.69) is 25.5 Å². The Morgan fingerprint density at radius 1 is 1.25 bits per heavy atom. The second-order valence-corrected chi connectivity index (χ2v) is 7.14. The quantitative estimate of drug-likeness (QED) is 0.502. The number of benzene rings is 1. The number of nitrogens with zero attached hydrogens (tertiary/aromatic N) is 5. The number of carbonyl (C=O) groups excluding carboxylic acids is 1. The van der Waals surface area contributed by atoms with Gasteiger partial charge in [-0.2, -0.15) is 0 Å². The molecular formula is C19H18N6O2S. The molecule has 3 heterocycles. The zero-order valence-corrected chi connectivity index (χ0v) is 16.2. The van der Waals surface area contributed by atoms with Gasteiger partial charge in [-0.25, -0.2) is 4.98 Å². The van der Waals surface area contributed by atoms with Gasteiger partial charge in [0.15, 0.2) is 0 Å². The summed E-state index contributed by atoms with van der Waals surface area (Å²) in [6, 6.07) is 11.3. The van der Waals surface area contributed by atoms with E-state index in [-0.39, 0.29) is 17.7 Å². The van der Waals surface area contributed by atoms with Crippen molar-refractivity contribution in [3.63, 3.8) is 0 Å². The van der Waals surface area contributed by atoms with Crippen LogP contribution in [0.2, 0.25) is 0 Å². The second kappa shape index (κ2) is 7.81. The first-order valence-electron chi connectivity index (χ1n) is 8.69. The number of nitrogens with one attached hydrogen (secondary N) is 1. The number of para-hydroxylation sites is 2. The molecule has 8 nitrogen and oxygen atoms in total. The molecule has 1 N–H and O–H groups in total. The summed E-state index contributed by atoms with van der Waals surface area (Å²) in [5, 5.41) is 11.3. The molecule has 0 fully saturated rings. The second-order valence-electron chi connectivity index (χ2n) is 6.21. The lowest BCUT2D eigenvalue weighted by molar-refractivity contribution is -0.119. The van der Waals surface area contributed by atoms with Crippen LogP contribution in [0, 0.1) is 0 Å². The summed E-state index contributed by atoms with van der Waals surface area (Å²) in [4.78, 5) is 21.0. The van der Waals surface area contributed by atoms with Gasteiger partial charge in [0.25, 0.3) is 5.22 Å². The molecule has 4 rings (SSSR count). The fraction of sp³-hybridized carbons (Fsp3) is 0.211. The number of hydrogen-bond acceptors (Lipinski definition) is 7. The van der Waals surface area contributed by atoms with Crippen molar-refractivity contribution < 1.29 is 9.21 Å². The molecule has 1 unspecified atom stereocenters. The topological polar surface area (TPSA) is 98.7 Å². The molecule has 0 aliphatic rings. The maximum Gasteiger partial charge on any atom is 0.277 e. The highest BCUT2D eigenvalue weighted by Gasteiger charge is 2.17. The third-order valence-electron chi connectivity index (χ3n) is 4.23. The van der Waals surface area contributed by atoms with Gasteiger partial charge in [0.1, 0.15) is 5.82 Å². The molecule has 0 radical (unpaired) electrons. The Hall–Kier alpha value is -3.20. The van der Waals surface area contributed by atoms with Crippen LogP contribution in [0.25, 0.3) is 22.5 Å². The molecule has 3 aromatic heterocycles. The van der Waals surface area contributed by atoms with Crippen molar-refractivity contribution in [2.24, 2.45) is 7.05 Å². The van der Waals surface area contributed by atoms with Gasteiger partial charge >= 0.3 is 0 Å². The lowest BCUT2D eigenvalue weighted by Crippen LogP contribution is -2.29. The number of imidazole rings is 1. The van der Waals surface area contributed by atoms with E-state index < -0.39 is 0 Å². The number of pyridine rings is 1. The average molecular weight is 394 g/mol. The number of fused-ring (bicyclic) bond motifs is 1. The molecular weight excluding hydrogens is 376 g/mol. The monoisotopic (exact) mass is 394 g/mol. The maximum atomic E-state index is 12.3. The number of amides is 1. The molecule has 0 saturated carbocycles. The van der Waals surface area contributed by atoms with Gasteiger partial charge < -0.3 is 14.3 Å². The van der Waals surface area contributed by atoms with Crippen LogP contribution in [0.15, 0.2) is 58.4 Å². The van der Waals surface area contributed by atoms with Crippen molar-refractivity contribution in [2.75, 3.05) is 5.75 Å². The van der Waals surface area contributed by atoms with Gasteiger partial charge in [0.05, 0.1) is 28.4 Å². The SMILES string of the molecule is CC(NC(=O)CSc1nnc(-c2cccnc2)o1)c1nc2ccccc2n1C. The number of aromatic nitrogens is 5. The van der Waals surface area contributed by atoms with Gasteiger partial charge in [-0.3, -0.25) is 9.78 Å². The molecule has 9 heteroatoms. The Balaban J connectivity index is 1.36. The molecule has 1 amide bonds. The van der Waals surface area contributed by atoms with Crippen LogP contribution in [-0.2, 0) is 11.8 Å². The molecule has 142 valence electrons. The molecule has 0 spiro atoms. The summed E-state index contributed by atoms with van der Waals surface area (Å²) in [7, 11) is 1.94. The minimum absolute atomic E-state index is 0.134. The zero-order valence-electron chi connectivity index (χ0n) is 15.4. The minimum atomic E-state index is -0.223. The highest BCUT2D eigenvalue weighted by atomic mass is 32.2. The minimum Gasteiger partial charge on any atom is -0.411 e. The zero-order chi connectivity index (χ0) is 19.5. The molecule has 0 saturated heterocycles. The summed E-state index contributed by atoms with van der Waals surface area (Å²) in [5.74, 6) is 1.22. The Morgan fingerprint density at radius 3 is 2.89 bits per heavy atom. The molecule has 1 atom stereocenters. The molecule has 0 bridgehead atoms. The van der Waals surface area contributed by atoms with E-state index in [0.717, 1.165) is 22.4 Å². The normalized spacial score (nSPS) is 12.2. The smallest absolute Gasteiger partial charge is 0.277 e. The predicted octanol–water partition coefficient (Wildman–Crippen LogP) is 2.99. The number of carbonyl (C=O) groups is 1. The Bertz CT molecular complexity index is 1110. The summed E-state index contributed by atoms with van der Waals surface area (Å²) in [6.07, 6.45) is 3.32. The van der Waals surface area contributed by atoms with Crippen molar-refractivity contribution in [3.8, 4) is 11.5 Å². The van der Waals surface area contributed by atoms with Crippen molar-refractivity contribution in [1.29, 1.82) is 0 Å². The summed E-state index contributed by atoms with van der Waals surface area (Å²) in [6.45, 7) is 1.91.